The molecule has 0 radical (unpaired) electrons. The summed E-state index contributed by atoms with van der Waals surface area (Å²) >= 11 is 0. The SMILES string of the molecule is O=S(=O)(F)C(F)(F)C(F)(F)OC(F)(F)C(F)(F)OCF. The second-order valence-corrected chi connectivity index (χ2v) is 4.25. The van der Waals surface area contributed by atoms with Crippen molar-refractivity contribution in [1.29, 1.82) is 0 Å². The van der Waals surface area contributed by atoms with Gasteiger partial charge in [-0.2, -0.15) is 43.5 Å². The molecular weight excluding hydrogens is 346 g/mol. The van der Waals surface area contributed by atoms with Gasteiger partial charge in [0, 0.05) is 0 Å². The summed E-state index contributed by atoms with van der Waals surface area (Å²) in [6, 6.07) is 0. The molecule has 122 valence electrons. The first-order valence-corrected chi connectivity index (χ1v) is 5.26. The lowest BCUT2D eigenvalue weighted by molar-refractivity contribution is -0.498. The third-order valence-electron chi connectivity index (χ3n) is 1.48. The highest BCUT2D eigenvalue weighted by molar-refractivity contribution is 7.87. The lowest BCUT2D eigenvalue weighted by atomic mass is 10.5. The molecule has 0 unspecified atom stereocenters. The van der Waals surface area contributed by atoms with E-state index in [-0.39, 0.29) is 0 Å². The summed E-state index contributed by atoms with van der Waals surface area (Å²) in [7, 11) is -7.49. The molecule has 0 heterocycles. The molecule has 0 aromatic heterocycles. The zero-order chi connectivity index (χ0) is 16.6. The normalized spacial score (nSPS) is 15.5. The fraction of sp³-hybridized carbons (Fsp3) is 1.00. The molecule has 0 saturated carbocycles. The fourth-order valence-electron chi connectivity index (χ4n) is 0.574. The van der Waals surface area contributed by atoms with Gasteiger partial charge in [0.2, 0.25) is 0 Å². The van der Waals surface area contributed by atoms with Crippen LogP contribution in [0.3, 0.4) is 0 Å². The molecule has 0 aromatic carbocycles. The van der Waals surface area contributed by atoms with Crippen LogP contribution in [0.2, 0.25) is 0 Å². The Kier molecular flexibility index (Phi) is 4.96. The fourth-order valence-corrected chi connectivity index (χ4v) is 0.900. The number of halogens is 10. The Balaban J connectivity index is 5.49. The van der Waals surface area contributed by atoms with Crippen molar-refractivity contribution in [2.24, 2.45) is 0 Å². The van der Waals surface area contributed by atoms with E-state index in [2.05, 4.69) is 4.74 Å². The molecule has 0 fully saturated rings. The highest BCUT2D eigenvalue weighted by atomic mass is 32.3. The molecular formula is C5H2F10O4S. The van der Waals surface area contributed by atoms with Gasteiger partial charge in [0.05, 0.1) is 0 Å². The standard InChI is InChI=1S/C5H2F10O4S/c6-1-18-2(7,8)3(9,10)19-4(11,12)5(13,14)20(15,16)17/h1H2. The van der Waals surface area contributed by atoms with Crippen LogP contribution in [0.1, 0.15) is 0 Å². The predicted octanol–water partition coefficient (Wildman–Crippen LogP) is 2.62. The minimum absolute atomic E-state index is 1.66. The molecule has 0 spiro atoms. The van der Waals surface area contributed by atoms with Crippen LogP contribution in [0.4, 0.5) is 43.4 Å². The van der Waals surface area contributed by atoms with Crippen molar-refractivity contribution < 1.29 is 61.3 Å². The number of hydrogen-bond donors (Lipinski definition) is 0. The average molecular weight is 348 g/mol. The maximum atomic E-state index is 12.4. The van der Waals surface area contributed by atoms with E-state index in [1.807, 2.05) is 0 Å². The Bertz CT molecular complexity index is 445. The van der Waals surface area contributed by atoms with E-state index in [9.17, 15) is 51.8 Å². The lowest BCUT2D eigenvalue weighted by Gasteiger charge is -2.30. The van der Waals surface area contributed by atoms with Crippen molar-refractivity contribution in [3.8, 4) is 0 Å². The third kappa shape index (κ3) is 3.43. The van der Waals surface area contributed by atoms with E-state index in [4.69, 9.17) is 0 Å². The van der Waals surface area contributed by atoms with Crippen molar-refractivity contribution in [2.45, 2.75) is 23.6 Å². The minimum Gasteiger partial charge on any atom is -0.281 e. The Labute approximate surface area is 103 Å². The number of rotatable bonds is 7. The van der Waals surface area contributed by atoms with Gasteiger partial charge in [0.1, 0.15) is 0 Å². The Morgan fingerprint density at radius 3 is 1.50 bits per heavy atom. The zero-order valence-corrected chi connectivity index (χ0v) is 9.34. The Morgan fingerprint density at radius 1 is 0.800 bits per heavy atom. The summed E-state index contributed by atoms with van der Waals surface area (Å²) in [5.74, 6) is 0. The molecule has 0 aliphatic rings. The maximum Gasteiger partial charge on any atom is 0.464 e. The van der Waals surface area contributed by atoms with Gasteiger partial charge in [0.15, 0.2) is 6.86 Å². The van der Waals surface area contributed by atoms with Gasteiger partial charge in [-0.1, -0.05) is 3.89 Å². The van der Waals surface area contributed by atoms with Gasteiger partial charge in [-0.3, -0.25) is 4.74 Å². The Morgan fingerprint density at radius 2 is 1.20 bits per heavy atom. The molecule has 0 bridgehead atoms. The summed E-state index contributed by atoms with van der Waals surface area (Å²) in [5, 5.41) is -6.91. The van der Waals surface area contributed by atoms with Crippen LogP contribution in [0.15, 0.2) is 0 Å². The van der Waals surface area contributed by atoms with E-state index in [0.717, 1.165) is 0 Å². The Hall–Kier alpha value is -0.830. The van der Waals surface area contributed by atoms with E-state index in [1.54, 1.807) is 4.74 Å². The van der Waals surface area contributed by atoms with Gasteiger partial charge < -0.3 is 0 Å². The van der Waals surface area contributed by atoms with E-state index >= 15 is 0 Å². The largest absolute Gasteiger partial charge is 0.464 e. The monoisotopic (exact) mass is 348 g/mol. The van der Waals surface area contributed by atoms with Crippen LogP contribution in [0.25, 0.3) is 0 Å². The van der Waals surface area contributed by atoms with Crippen LogP contribution in [-0.2, 0) is 19.7 Å². The van der Waals surface area contributed by atoms with Crippen molar-refractivity contribution in [1.82, 2.24) is 0 Å². The van der Waals surface area contributed by atoms with Crippen molar-refractivity contribution in [3.05, 3.63) is 0 Å². The molecule has 0 aliphatic carbocycles. The second-order valence-electron chi connectivity index (χ2n) is 2.86. The van der Waals surface area contributed by atoms with E-state index in [0.29, 0.717) is 0 Å². The summed E-state index contributed by atoms with van der Waals surface area (Å²) < 4.78 is 145. The second kappa shape index (κ2) is 5.18. The van der Waals surface area contributed by atoms with Crippen LogP contribution in [0.5, 0.6) is 0 Å². The molecule has 0 rings (SSSR count). The number of hydrogen-bond acceptors (Lipinski definition) is 4. The number of alkyl halides is 9. The molecule has 0 aliphatic heterocycles. The quantitative estimate of drug-likeness (QED) is 0.524. The van der Waals surface area contributed by atoms with Gasteiger partial charge in [-0.25, -0.2) is 9.13 Å². The van der Waals surface area contributed by atoms with E-state index in [1.165, 1.54) is 0 Å². The van der Waals surface area contributed by atoms with Crippen LogP contribution in [-0.4, -0.2) is 38.9 Å². The van der Waals surface area contributed by atoms with Crippen molar-refractivity contribution >= 4 is 10.2 Å². The average Bonchev–Trinajstić information content (AvgIpc) is 2.13. The third-order valence-corrected chi connectivity index (χ3v) is 2.33. The smallest absolute Gasteiger partial charge is 0.281 e. The van der Waals surface area contributed by atoms with Crippen molar-refractivity contribution in [3.63, 3.8) is 0 Å². The molecule has 0 aromatic rings. The molecule has 20 heavy (non-hydrogen) atoms. The van der Waals surface area contributed by atoms with Gasteiger partial charge in [-0.05, 0) is 0 Å². The molecule has 0 atom stereocenters. The molecule has 0 amide bonds. The number of ether oxygens (including phenoxy) is 2. The topological polar surface area (TPSA) is 52.6 Å². The summed E-state index contributed by atoms with van der Waals surface area (Å²) in [4.78, 5) is 0. The van der Waals surface area contributed by atoms with Gasteiger partial charge in [0.25, 0.3) is 0 Å². The van der Waals surface area contributed by atoms with E-state index < -0.39 is 40.7 Å². The molecule has 4 nitrogen and oxygen atoms in total. The minimum atomic E-state index is -7.49. The van der Waals surface area contributed by atoms with Gasteiger partial charge >= 0.3 is 33.8 Å². The van der Waals surface area contributed by atoms with Crippen LogP contribution >= 0.6 is 0 Å². The highest BCUT2D eigenvalue weighted by Gasteiger charge is 2.75. The molecule has 0 saturated heterocycles. The van der Waals surface area contributed by atoms with Crippen LogP contribution < -0.4 is 0 Å². The lowest BCUT2D eigenvalue weighted by Crippen LogP contribution is -2.55. The summed E-state index contributed by atoms with van der Waals surface area (Å²) in [6.07, 6.45) is -19.7. The highest BCUT2D eigenvalue weighted by Crippen LogP contribution is 2.47. The summed E-state index contributed by atoms with van der Waals surface area (Å²) in [5.41, 5.74) is 0. The maximum absolute atomic E-state index is 12.4. The molecule has 15 heteroatoms. The predicted molar refractivity (Wildman–Crippen MR) is 38.0 cm³/mol. The summed E-state index contributed by atoms with van der Waals surface area (Å²) in [6.45, 7) is -2.66. The van der Waals surface area contributed by atoms with Gasteiger partial charge in [-0.15, -0.1) is 0 Å². The first kappa shape index (κ1) is 19.2. The molecule has 0 N–H and O–H groups in total. The van der Waals surface area contributed by atoms with Crippen LogP contribution in [0, 0.1) is 0 Å². The van der Waals surface area contributed by atoms with Crippen molar-refractivity contribution in [2.75, 3.05) is 6.86 Å². The first-order valence-electron chi connectivity index (χ1n) is 3.87. The zero-order valence-electron chi connectivity index (χ0n) is 8.53. The first-order chi connectivity index (χ1) is 8.52.